The highest BCUT2D eigenvalue weighted by molar-refractivity contribution is 6.10. The van der Waals surface area contributed by atoms with E-state index in [0.29, 0.717) is 0 Å². The summed E-state index contributed by atoms with van der Waals surface area (Å²) < 4.78 is 13.9. The predicted octanol–water partition coefficient (Wildman–Crippen LogP) is 7.56. The van der Waals surface area contributed by atoms with E-state index in [1.807, 2.05) is 57.3 Å². The molecule has 1 aliphatic carbocycles. The van der Waals surface area contributed by atoms with E-state index < -0.39 is 0 Å². The van der Waals surface area contributed by atoms with Gasteiger partial charge >= 0.3 is 0 Å². The van der Waals surface area contributed by atoms with Crippen LogP contribution in [0.1, 0.15) is 57.2 Å². The van der Waals surface area contributed by atoms with Crippen LogP contribution >= 0.6 is 0 Å². The van der Waals surface area contributed by atoms with Crippen LogP contribution in [0, 0.1) is 11.7 Å². The van der Waals surface area contributed by atoms with Gasteiger partial charge in [-0.15, -0.1) is 0 Å². The second-order valence-electron chi connectivity index (χ2n) is 9.27. The minimum Gasteiger partial charge on any atom is -0.387 e. The molecule has 1 unspecified atom stereocenters. The van der Waals surface area contributed by atoms with Crippen LogP contribution in [0.3, 0.4) is 0 Å². The minimum atomic E-state index is -0.0887. The van der Waals surface area contributed by atoms with Gasteiger partial charge in [-0.1, -0.05) is 76.3 Å². The molecule has 2 aromatic carbocycles. The Balaban J connectivity index is 0.000000189. The fourth-order valence-corrected chi connectivity index (χ4v) is 4.38. The van der Waals surface area contributed by atoms with E-state index >= 15 is 0 Å². The van der Waals surface area contributed by atoms with Crippen LogP contribution < -0.4 is 10.2 Å². The molecule has 0 aromatic heterocycles. The first kappa shape index (κ1) is 27.2. The van der Waals surface area contributed by atoms with Gasteiger partial charge in [-0.25, -0.2) is 4.39 Å². The Labute approximate surface area is 216 Å². The van der Waals surface area contributed by atoms with Crippen LogP contribution in [0.15, 0.2) is 90.1 Å². The van der Waals surface area contributed by atoms with Crippen molar-refractivity contribution < 1.29 is 4.39 Å². The third kappa shape index (κ3) is 7.07. The second-order valence-corrected chi connectivity index (χ2v) is 9.27. The number of hydrogen-bond acceptors (Lipinski definition) is 3. The number of aliphatic imine (C=N–C) groups is 1. The van der Waals surface area contributed by atoms with E-state index in [4.69, 9.17) is 0 Å². The lowest BCUT2D eigenvalue weighted by Gasteiger charge is -2.18. The predicted molar refractivity (Wildman–Crippen MR) is 154 cm³/mol. The third-order valence-electron chi connectivity index (χ3n) is 6.56. The van der Waals surface area contributed by atoms with Crippen LogP contribution in [0.25, 0.3) is 5.57 Å². The molecule has 1 fully saturated rings. The Morgan fingerprint density at radius 3 is 2.58 bits per heavy atom. The lowest BCUT2D eigenvalue weighted by atomic mass is 10.1. The Kier molecular flexibility index (Phi) is 9.86. The number of benzene rings is 2. The SMILES string of the molecule is C=C(C)/C=C/NCC1=CC(c2ccccc2)=NC1.C=C1c2cc(F)c(N3CCC(CC)C3)cc21.CC. The number of fused-ring (bicyclic) bond motifs is 1. The summed E-state index contributed by atoms with van der Waals surface area (Å²) in [6.07, 6.45) is 8.44. The Bertz CT molecular complexity index is 1160. The number of nitrogens with zero attached hydrogens (tertiary/aromatic N) is 2. The first-order valence-electron chi connectivity index (χ1n) is 13.1. The highest BCUT2D eigenvalue weighted by atomic mass is 19.1. The Morgan fingerprint density at radius 1 is 1.19 bits per heavy atom. The van der Waals surface area contributed by atoms with Gasteiger partial charge in [0.05, 0.1) is 17.9 Å². The quantitative estimate of drug-likeness (QED) is 0.350. The van der Waals surface area contributed by atoms with Crippen molar-refractivity contribution >= 4 is 17.0 Å². The molecule has 0 amide bonds. The zero-order chi connectivity index (χ0) is 26.1. The lowest BCUT2D eigenvalue weighted by molar-refractivity contribution is 0.567. The molecule has 2 aromatic rings. The number of allylic oxidation sites excluding steroid dienone is 3. The van der Waals surface area contributed by atoms with Crippen molar-refractivity contribution in [3.8, 4) is 0 Å². The summed E-state index contributed by atoms with van der Waals surface area (Å²) in [4.78, 5) is 6.72. The summed E-state index contributed by atoms with van der Waals surface area (Å²) in [7, 11) is 0. The van der Waals surface area contributed by atoms with Crippen molar-refractivity contribution in [3.05, 3.63) is 108 Å². The molecule has 0 saturated carbocycles. The van der Waals surface area contributed by atoms with Gasteiger partial charge in [-0.2, -0.15) is 0 Å². The van der Waals surface area contributed by atoms with Gasteiger partial charge in [0, 0.05) is 19.6 Å². The summed E-state index contributed by atoms with van der Waals surface area (Å²) in [6, 6.07) is 13.9. The molecule has 190 valence electrons. The van der Waals surface area contributed by atoms with Gasteiger partial charge in [0.1, 0.15) is 5.82 Å². The van der Waals surface area contributed by atoms with E-state index in [9.17, 15) is 4.39 Å². The van der Waals surface area contributed by atoms with Gasteiger partial charge in [0.25, 0.3) is 0 Å². The van der Waals surface area contributed by atoms with Crippen LogP contribution in [0.2, 0.25) is 0 Å². The average Bonchev–Trinajstić information content (AvgIpc) is 3.29. The maximum Gasteiger partial charge on any atom is 0.147 e. The van der Waals surface area contributed by atoms with Crippen molar-refractivity contribution in [2.24, 2.45) is 10.9 Å². The minimum absolute atomic E-state index is 0.0887. The van der Waals surface area contributed by atoms with Gasteiger partial charge in [-0.3, -0.25) is 4.99 Å². The molecule has 36 heavy (non-hydrogen) atoms. The standard InChI is InChI=1S/C16H18N2.C14H16FN.C2H6/c1-13(2)8-9-17-11-14-10-16(18-12-14)15-6-4-3-5-7-15;1-3-10-4-5-16(8-10)14-7-12-9(2)11(12)6-13(14)15;1-2/h3-10,17H,1,11-12H2,2H3;6-7,10H,2-5,8H2,1H3;1-2H3/b9-8+;;. The molecule has 3 aliphatic rings. The third-order valence-corrected chi connectivity index (χ3v) is 6.56. The van der Waals surface area contributed by atoms with Crippen molar-refractivity contribution in [2.45, 2.75) is 40.5 Å². The van der Waals surface area contributed by atoms with Crippen molar-refractivity contribution in [3.63, 3.8) is 0 Å². The molecule has 1 atom stereocenters. The van der Waals surface area contributed by atoms with Crippen LogP contribution in [0.4, 0.5) is 10.1 Å². The fraction of sp³-hybridized carbons (Fsp3) is 0.344. The topological polar surface area (TPSA) is 27.6 Å². The maximum absolute atomic E-state index is 13.9. The highest BCUT2D eigenvalue weighted by Gasteiger charge is 2.29. The highest BCUT2D eigenvalue weighted by Crippen LogP contribution is 2.44. The van der Waals surface area contributed by atoms with E-state index in [1.54, 1.807) is 6.07 Å². The summed E-state index contributed by atoms with van der Waals surface area (Å²) in [5, 5.41) is 3.25. The number of nitrogens with one attached hydrogen (secondary N) is 1. The molecule has 1 N–H and O–H groups in total. The van der Waals surface area contributed by atoms with Gasteiger partial charge in [-0.05, 0) is 77.6 Å². The summed E-state index contributed by atoms with van der Waals surface area (Å²) in [6.45, 7) is 19.5. The summed E-state index contributed by atoms with van der Waals surface area (Å²) in [5.41, 5.74) is 8.55. The van der Waals surface area contributed by atoms with Gasteiger partial charge in [0.15, 0.2) is 0 Å². The van der Waals surface area contributed by atoms with E-state index in [1.165, 1.54) is 24.0 Å². The van der Waals surface area contributed by atoms with Crippen molar-refractivity contribution in [2.75, 3.05) is 31.1 Å². The van der Waals surface area contributed by atoms with E-state index in [-0.39, 0.29) is 5.82 Å². The summed E-state index contributed by atoms with van der Waals surface area (Å²) >= 11 is 0. The molecule has 2 aliphatic heterocycles. The average molecular weight is 486 g/mol. The second kappa shape index (κ2) is 13.1. The van der Waals surface area contributed by atoms with Crippen LogP contribution in [0.5, 0.6) is 0 Å². The zero-order valence-corrected chi connectivity index (χ0v) is 22.3. The number of halogens is 1. The fourth-order valence-electron chi connectivity index (χ4n) is 4.38. The van der Waals surface area contributed by atoms with E-state index in [2.05, 4.69) is 53.5 Å². The molecule has 1 saturated heterocycles. The molecule has 0 spiro atoms. The Hall–Kier alpha value is -3.40. The maximum atomic E-state index is 13.9. The number of anilines is 1. The largest absolute Gasteiger partial charge is 0.387 e. The molecule has 0 bridgehead atoms. The molecule has 4 heteroatoms. The first-order chi connectivity index (χ1) is 17.5. The number of hydrogen-bond donors (Lipinski definition) is 1. The van der Waals surface area contributed by atoms with Crippen LogP contribution in [-0.2, 0) is 0 Å². The normalized spacial score (nSPS) is 17.4. The van der Waals surface area contributed by atoms with Crippen molar-refractivity contribution in [1.82, 2.24) is 5.32 Å². The van der Waals surface area contributed by atoms with Crippen LogP contribution in [-0.4, -0.2) is 31.9 Å². The smallest absolute Gasteiger partial charge is 0.147 e. The lowest BCUT2D eigenvalue weighted by Crippen LogP contribution is -2.20. The monoisotopic (exact) mass is 485 g/mol. The molecule has 5 rings (SSSR count). The van der Waals surface area contributed by atoms with Crippen molar-refractivity contribution in [1.29, 1.82) is 0 Å². The zero-order valence-electron chi connectivity index (χ0n) is 22.3. The molecule has 3 nitrogen and oxygen atoms in total. The number of rotatable bonds is 7. The van der Waals surface area contributed by atoms with Gasteiger partial charge in [0.2, 0.25) is 0 Å². The molecular formula is C32H40FN3. The van der Waals surface area contributed by atoms with Gasteiger partial charge < -0.3 is 10.2 Å². The Morgan fingerprint density at radius 2 is 1.92 bits per heavy atom. The summed E-state index contributed by atoms with van der Waals surface area (Å²) in [5.74, 6) is 0.639. The van der Waals surface area contributed by atoms with E-state index in [0.717, 1.165) is 65.8 Å². The molecule has 0 radical (unpaired) electrons. The molecular weight excluding hydrogens is 445 g/mol. The first-order valence-corrected chi connectivity index (χ1v) is 13.1. The molecule has 2 heterocycles.